The predicted molar refractivity (Wildman–Crippen MR) is 93.2 cm³/mol. The van der Waals surface area contributed by atoms with Crippen LogP contribution in [0.1, 0.15) is 19.8 Å². The molecule has 0 aliphatic carbocycles. The Labute approximate surface area is 150 Å². The lowest BCUT2D eigenvalue weighted by atomic mass is 10.00. The zero-order chi connectivity index (χ0) is 17.7. The SMILES string of the molecule is CC1CCN(C(N)=NC(N)=Nc2cccc(OC(F)(F)F)c2)CC1.Cl. The molecular weight excluding hydrogens is 359 g/mol. The first kappa shape index (κ1) is 20.9. The Morgan fingerprint density at radius 3 is 2.48 bits per heavy atom. The van der Waals surface area contributed by atoms with Crippen molar-refractivity contribution in [2.45, 2.75) is 26.1 Å². The molecule has 0 spiro atoms. The van der Waals surface area contributed by atoms with Crippen molar-refractivity contribution in [1.29, 1.82) is 0 Å². The summed E-state index contributed by atoms with van der Waals surface area (Å²) in [7, 11) is 0. The van der Waals surface area contributed by atoms with Crippen LogP contribution in [0.3, 0.4) is 0 Å². The summed E-state index contributed by atoms with van der Waals surface area (Å²) in [5.74, 6) is 0.399. The highest BCUT2D eigenvalue weighted by molar-refractivity contribution is 5.94. The van der Waals surface area contributed by atoms with Crippen LogP contribution in [0.5, 0.6) is 5.75 Å². The Morgan fingerprint density at radius 1 is 1.24 bits per heavy atom. The van der Waals surface area contributed by atoms with Gasteiger partial charge in [-0.15, -0.1) is 25.6 Å². The number of halogens is 4. The molecule has 140 valence electrons. The zero-order valence-corrected chi connectivity index (χ0v) is 14.5. The van der Waals surface area contributed by atoms with Gasteiger partial charge in [-0.2, -0.15) is 4.99 Å². The molecule has 1 aromatic rings. The summed E-state index contributed by atoms with van der Waals surface area (Å²) < 4.78 is 40.5. The summed E-state index contributed by atoms with van der Waals surface area (Å²) in [6, 6.07) is 5.17. The van der Waals surface area contributed by atoms with Crippen LogP contribution in [-0.2, 0) is 0 Å². The van der Waals surface area contributed by atoms with Crippen LogP contribution in [0.4, 0.5) is 18.9 Å². The normalized spacial score (nSPS) is 17.2. The molecule has 0 atom stereocenters. The highest BCUT2D eigenvalue weighted by Crippen LogP contribution is 2.26. The van der Waals surface area contributed by atoms with Crippen LogP contribution in [0.2, 0.25) is 0 Å². The van der Waals surface area contributed by atoms with Crippen LogP contribution in [0, 0.1) is 5.92 Å². The lowest BCUT2D eigenvalue weighted by Gasteiger charge is -2.30. The van der Waals surface area contributed by atoms with Gasteiger partial charge in [0.2, 0.25) is 5.96 Å². The van der Waals surface area contributed by atoms with Crippen molar-refractivity contribution in [2.75, 3.05) is 13.1 Å². The highest BCUT2D eigenvalue weighted by atomic mass is 35.5. The summed E-state index contributed by atoms with van der Waals surface area (Å²) in [4.78, 5) is 9.87. The lowest BCUT2D eigenvalue weighted by molar-refractivity contribution is -0.274. The van der Waals surface area contributed by atoms with Crippen molar-refractivity contribution < 1.29 is 17.9 Å². The van der Waals surface area contributed by atoms with E-state index in [0.29, 0.717) is 5.92 Å². The molecule has 0 bridgehead atoms. The average molecular weight is 380 g/mol. The molecule has 0 aromatic heterocycles. The van der Waals surface area contributed by atoms with Gasteiger partial charge in [0.25, 0.3) is 0 Å². The van der Waals surface area contributed by atoms with E-state index < -0.39 is 6.36 Å². The lowest BCUT2D eigenvalue weighted by Crippen LogP contribution is -2.43. The van der Waals surface area contributed by atoms with Crippen LogP contribution < -0.4 is 16.2 Å². The van der Waals surface area contributed by atoms with Crippen molar-refractivity contribution >= 4 is 30.0 Å². The number of guanidine groups is 2. The van der Waals surface area contributed by atoms with E-state index in [1.54, 1.807) is 0 Å². The third-order valence-corrected chi connectivity index (χ3v) is 3.63. The van der Waals surface area contributed by atoms with E-state index in [0.717, 1.165) is 32.0 Å². The monoisotopic (exact) mass is 379 g/mol. The van der Waals surface area contributed by atoms with Crippen LogP contribution >= 0.6 is 12.4 Å². The van der Waals surface area contributed by atoms with Gasteiger partial charge in [0, 0.05) is 19.2 Å². The molecule has 0 amide bonds. The number of ether oxygens (including phenoxy) is 1. The second kappa shape index (κ2) is 8.80. The molecule has 10 heteroatoms. The van der Waals surface area contributed by atoms with Crippen molar-refractivity contribution in [3.8, 4) is 5.75 Å². The molecule has 1 aliphatic rings. The maximum absolute atomic E-state index is 12.2. The topological polar surface area (TPSA) is 89.2 Å². The number of rotatable bonds is 2. The quantitative estimate of drug-likeness (QED) is 0.610. The molecule has 6 nitrogen and oxygen atoms in total. The molecule has 1 aromatic carbocycles. The van der Waals surface area contributed by atoms with Gasteiger partial charge >= 0.3 is 6.36 Å². The van der Waals surface area contributed by atoms with Gasteiger partial charge in [0.15, 0.2) is 5.96 Å². The Hall–Kier alpha value is -2.16. The second-order valence-electron chi connectivity index (χ2n) is 5.65. The van der Waals surface area contributed by atoms with Crippen molar-refractivity contribution in [3.63, 3.8) is 0 Å². The van der Waals surface area contributed by atoms with E-state index in [1.165, 1.54) is 18.2 Å². The van der Waals surface area contributed by atoms with E-state index in [9.17, 15) is 13.2 Å². The predicted octanol–water partition coefficient (Wildman–Crippen LogP) is 3.00. The Balaban J connectivity index is 0.00000312. The minimum atomic E-state index is -4.76. The van der Waals surface area contributed by atoms with Crippen molar-refractivity contribution in [3.05, 3.63) is 24.3 Å². The van der Waals surface area contributed by atoms with Crippen molar-refractivity contribution in [2.24, 2.45) is 27.4 Å². The number of alkyl halides is 3. The fourth-order valence-electron chi connectivity index (χ4n) is 2.33. The molecule has 0 unspecified atom stereocenters. The van der Waals surface area contributed by atoms with Gasteiger partial charge in [-0.1, -0.05) is 13.0 Å². The van der Waals surface area contributed by atoms with Gasteiger partial charge in [-0.3, -0.25) is 0 Å². The number of hydrogen-bond acceptors (Lipinski definition) is 2. The van der Waals surface area contributed by atoms with E-state index in [4.69, 9.17) is 11.5 Å². The Morgan fingerprint density at radius 2 is 1.88 bits per heavy atom. The minimum absolute atomic E-state index is 0. The first-order chi connectivity index (χ1) is 11.2. The maximum atomic E-state index is 12.2. The molecule has 1 fully saturated rings. The summed E-state index contributed by atoms with van der Waals surface area (Å²) in [6.45, 7) is 3.76. The number of likely N-dealkylation sites (tertiary alicyclic amines) is 1. The van der Waals surface area contributed by atoms with E-state index in [2.05, 4.69) is 21.6 Å². The van der Waals surface area contributed by atoms with E-state index in [1.807, 2.05) is 4.90 Å². The number of nitrogens with two attached hydrogens (primary N) is 2. The first-order valence-corrected chi connectivity index (χ1v) is 7.52. The van der Waals surface area contributed by atoms with Gasteiger partial charge in [-0.05, 0) is 30.9 Å². The van der Waals surface area contributed by atoms with Crippen LogP contribution in [0.25, 0.3) is 0 Å². The molecule has 1 aliphatic heterocycles. The molecule has 25 heavy (non-hydrogen) atoms. The van der Waals surface area contributed by atoms with Crippen molar-refractivity contribution in [1.82, 2.24) is 4.90 Å². The van der Waals surface area contributed by atoms with E-state index in [-0.39, 0.29) is 35.8 Å². The highest BCUT2D eigenvalue weighted by Gasteiger charge is 2.31. The molecule has 1 saturated heterocycles. The zero-order valence-electron chi connectivity index (χ0n) is 13.7. The number of hydrogen-bond donors (Lipinski definition) is 2. The summed E-state index contributed by atoms with van der Waals surface area (Å²) >= 11 is 0. The minimum Gasteiger partial charge on any atom is -0.406 e. The molecule has 0 saturated carbocycles. The van der Waals surface area contributed by atoms with E-state index >= 15 is 0 Å². The molecule has 0 radical (unpaired) electrons. The average Bonchev–Trinajstić information content (AvgIpc) is 2.46. The van der Waals surface area contributed by atoms with Crippen LogP contribution in [0.15, 0.2) is 34.3 Å². The summed E-state index contributed by atoms with van der Waals surface area (Å²) in [6.07, 6.45) is -2.73. The smallest absolute Gasteiger partial charge is 0.406 e. The fraction of sp³-hybridized carbons (Fsp3) is 0.467. The molecule has 2 rings (SSSR count). The number of nitrogens with zero attached hydrogens (tertiary/aromatic N) is 3. The fourth-order valence-corrected chi connectivity index (χ4v) is 2.33. The molecule has 1 heterocycles. The standard InChI is InChI=1S/C15H20F3N5O.ClH/c1-10-5-7-23(8-6-10)14(20)22-13(19)21-11-3-2-4-12(9-11)24-15(16,17)18;/h2-4,9-10H,5-8H2,1H3,(H4,19,20,21,22);1H. The Bertz CT molecular complexity index is 628. The first-order valence-electron chi connectivity index (χ1n) is 7.52. The van der Waals surface area contributed by atoms with Gasteiger partial charge in [0.1, 0.15) is 5.75 Å². The number of piperidine rings is 1. The number of aliphatic imine (C=N–C) groups is 2. The third-order valence-electron chi connectivity index (χ3n) is 3.63. The molecular formula is C15H21ClF3N5O. The third kappa shape index (κ3) is 7.08. The Kier molecular flexibility index (Phi) is 7.35. The van der Waals surface area contributed by atoms with Crippen LogP contribution in [-0.4, -0.2) is 36.3 Å². The van der Waals surface area contributed by atoms with Gasteiger partial charge in [0.05, 0.1) is 5.69 Å². The maximum Gasteiger partial charge on any atom is 0.573 e. The molecule has 4 N–H and O–H groups in total. The summed E-state index contributed by atoms with van der Waals surface area (Å²) in [5, 5.41) is 0. The number of benzene rings is 1. The summed E-state index contributed by atoms with van der Waals surface area (Å²) in [5.41, 5.74) is 11.8. The second-order valence-corrected chi connectivity index (χ2v) is 5.65. The van der Waals surface area contributed by atoms with Gasteiger partial charge < -0.3 is 21.1 Å². The van der Waals surface area contributed by atoms with Gasteiger partial charge in [-0.25, -0.2) is 4.99 Å². The largest absolute Gasteiger partial charge is 0.573 e.